The Morgan fingerprint density at radius 1 is 0.854 bits per heavy atom. The Bertz CT molecular complexity index is 1540. The molecule has 3 aromatic rings. The Labute approximate surface area is 287 Å². The second-order valence-corrected chi connectivity index (χ2v) is 12.5. The molecule has 262 valence electrons. The second kappa shape index (κ2) is 19.7. The van der Waals surface area contributed by atoms with Crippen molar-refractivity contribution in [3.63, 3.8) is 0 Å². The highest BCUT2D eigenvalue weighted by atomic mass is 35.5. The van der Waals surface area contributed by atoms with E-state index in [0.29, 0.717) is 18.2 Å². The minimum atomic E-state index is -0.793. The van der Waals surface area contributed by atoms with Gasteiger partial charge in [-0.1, -0.05) is 81.7 Å². The Morgan fingerprint density at radius 2 is 1.50 bits per heavy atom. The fraction of sp³-hybridized carbons (Fsp3) is 0.500. The van der Waals surface area contributed by atoms with Crippen LogP contribution in [0.2, 0.25) is 5.02 Å². The molecule has 2 aromatic carbocycles. The fourth-order valence-electron chi connectivity index (χ4n) is 5.41. The zero-order chi connectivity index (χ0) is 35.1. The van der Waals surface area contributed by atoms with E-state index in [0.717, 1.165) is 42.7 Å². The van der Waals surface area contributed by atoms with Crippen LogP contribution >= 0.6 is 11.6 Å². The van der Waals surface area contributed by atoms with E-state index in [1.54, 1.807) is 19.2 Å². The number of anilines is 2. The van der Waals surface area contributed by atoms with E-state index < -0.39 is 17.5 Å². The molecule has 0 fully saturated rings. The average Bonchev–Trinajstić information content (AvgIpc) is 3.48. The number of rotatable bonds is 20. The summed E-state index contributed by atoms with van der Waals surface area (Å²) in [5.41, 5.74) is 2.87. The number of H-pyrrole nitrogens is 1. The van der Waals surface area contributed by atoms with Gasteiger partial charge in [-0.15, -0.1) is 0 Å². The lowest BCUT2D eigenvalue weighted by atomic mass is 9.96. The quantitative estimate of drug-likeness (QED) is 0.0710. The standard InChI is InChI=1S/C36H49ClN4O7/c1-25(20-21-26(2)46-3)16-12-9-7-6-8-10-15-19-32(42)39-40(28-17-13-11-14-18-28)31-24-33(43)41(38-31)30-23-27(35(44)47-4)22-29(34(30)37)36(45)48-5/h11,13-14,17-18,22-26,38H,6-10,12,15-16,19-21H2,1-5H3,(H,39,42). The number of amides is 1. The van der Waals surface area contributed by atoms with Gasteiger partial charge in [-0.25, -0.2) is 19.3 Å². The number of hydrogen-bond donors (Lipinski definition) is 2. The van der Waals surface area contributed by atoms with E-state index in [4.69, 9.17) is 25.8 Å². The number of benzene rings is 2. The molecule has 0 saturated carbocycles. The molecule has 0 bridgehead atoms. The zero-order valence-electron chi connectivity index (χ0n) is 28.7. The first-order valence-corrected chi connectivity index (χ1v) is 17.0. The molecular weight excluding hydrogens is 636 g/mol. The largest absolute Gasteiger partial charge is 0.465 e. The lowest BCUT2D eigenvalue weighted by Gasteiger charge is -2.23. The number of nitrogens with one attached hydrogen (secondary N) is 2. The molecule has 48 heavy (non-hydrogen) atoms. The third-order valence-electron chi connectivity index (χ3n) is 8.39. The second-order valence-electron chi connectivity index (χ2n) is 12.1. The van der Waals surface area contributed by atoms with Crippen molar-refractivity contribution < 1.29 is 28.6 Å². The molecule has 1 aromatic heterocycles. The van der Waals surface area contributed by atoms with E-state index in [-0.39, 0.29) is 33.6 Å². The number of nitrogens with zero attached hydrogens (tertiary/aromatic N) is 2. The minimum absolute atomic E-state index is 0.00780. The number of hydrazine groups is 1. The number of methoxy groups -OCH3 is 3. The highest BCUT2D eigenvalue weighted by molar-refractivity contribution is 6.35. The van der Waals surface area contributed by atoms with E-state index in [9.17, 15) is 19.2 Å². The molecule has 3 rings (SSSR count). The summed E-state index contributed by atoms with van der Waals surface area (Å²) in [5.74, 6) is -0.768. The Balaban J connectivity index is 1.62. The topological polar surface area (TPSA) is 132 Å². The average molecular weight is 685 g/mol. The molecule has 1 heterocycles. The van der Waals surface area contributed by atoms with Crippen molar-refractivity contribution in [3.8, 4) is 5.69 Å². The van der Waals surface area contributed by atoms with Gasteiger partial charge in [0.15, 0.2) is 5.82 Å². The monoisotopic (exact) mass is 684 g/mol. The molecule has 11 nitrogen and oxygen atoms in total. The highest BCUT2D eigenvalue weighted by Gasteiger charge is 2.23. The van der Waals surface area contributed by atoms with Gasteiger partial charge in [-0.05, 0) is 56.4 Å². The molecule has 12 heteroatoms. The van der Waals surface area contributed by atoms with Gasteiger partial charge in [-0.3, -0.25) is 20.1 Å². The lowest BCUT2D eigenvalue weighted by Crippen LogP contribution is -2.39. The van der Waals surface area contributed by atoms with Gasteiger partial charge in [0.25, 0.3) is 5.56 Å². The Hall–Kier alpha value is -4.09. The normalized spacial score (nSPS) is 12.3. The molecular formula is C36H49ClN4O7. The number of esters is 2. The van der Waals surface area contributed by atoms with Gasteiger partial charge >= 0.3 is 11.9 Å². The molecule has 1 amide bonds. The number of ether oxygens (including phenoxy) is 3. The van der Waals surface area contributed by atoms with E-state index in [1.165, 1.54) is 69.5 Å². The van der Waals surface area contributed by atoms with Gasteiger partial charge < -0.3 is 14.2 Å². The maximum atomic E-state index is 13.2. The van der Waals surface area contributed by atoms with Crippen LogP contribution in [-0.4, -0.2) is 55.1 Å². The predicted molar refractivity (Wildman–Crippen MR) is 187 cm³/mol. The van der Waals surface area contributed by atoms with Crippen LogP contribution < -0.4 is 16.0 Å². The van der Waals surface area contributed by atoms with Gasteiger partial charge in [-0.2, -0.15) is 0 Å². The van der Waals surface area contributed by atoms with Crippen molar-refractivity contribution in [1.29, 1.82) is 0 Å². The predicted octanol–water partition coefficient (Wildman–Crippen LogP) is 7.52. The molecule has 0 aliphatic carbocycles. The molecule has 0 aliphatic rings. The van der Waals surface area contributed by atoms with Gasteiger partial charge in [0.2, 0.25) is 5.91 Å². The Kier molecular flexibility index (Phi) is 15.7. The summed E-state index contributed by atoms with van der Waals surface area (Å²) in [5, 5.41) is 4.33. The summed E-state index contributed by atoms with van der Waals surface area (Å²) in [4.78, 5) is 51.1. The molecule has 2 N–H and O–H groups in total. The molecule has 0 aliphatic heterocycles. The SMILES string of the molecule is COC(=O)c1cc(C(=O)OC)c(Cl)c(-n2[nH]c(N(NC(=O)CCCCCCCCCC(C)CCC(C)OC)c3ccccc3)cc2=O)c1. The molecule has 0 spiro atoms. The van der Waals surface area contributed by atoms with Crippen LogP contribution in [0, 0.1) is 5.92 Å². The number of halogens is 1. The maximum absolute atomic E-state index is 13.2. The lowest BCUT2D eigenvalue weighted by molar-refractivity contribution is -0.121. The van der Waals surface area contributed by atoms with Crippen LogP contribution in [0.25, 0.3) is 5.69 Å². The van der Waals surface area contributed by atoms with Crippen molar-refractivity contribution in [1.82, 2.24) is 15.2 Å². The first kappa shape index (κ1) is 38.4. The zero-order valence-corrected chi connectivity index (χ0v) is 29.4. The summed E-state index contributed by atoms with van der Waals surface area (Å²) < 4.78 is 16.1. The fourth-order valence-corrected chi connectivity index (χ4v) is 5.68. The number of carbonyl (C=O) groups excluding carboxylic acids is 3. The summed E-state index contributed by atoms with van der Waals surface area (Å²) >= 11 is 6.54. The summed E-state index contributed by atoms with van der Waals surface area (Å²) in [6.07, 6.45) is 11.8. The van der Waals surface area contributed by atoms with Crippen LogP contribution in [0.3, 0.4) is 0 Å². The number of aromatic nitrogens is 2. The van der Waals surface area contributed by atoms with Gasteiger partial charge in [0.1, 0.15) is 0 Å². The van der Waals surface area contributed by atoms with Crippen LogP contribution in [0.15, 0.2) is 53.3 Å². The van der Waals surface area contributed by atoms with E-state index in [2.05, 4.69) is 24.4 Å². The molecule has 2 unspecified atom stereocenters. The van der Waals surface area contributed by atoms with Crippen molar-refractivity contribution in [2.75, 3.05) is 26.3 Å². The van der Waals surface area contributed by atoms with Crippen molar-refractivity contribution in [3.05, 3.63) is 75.0 Å². The molecule has 0 saturated heterocycles. The van der Waals surface area contributed by atoms with Gasteiger partial charge in [0, 0.05) is 19.6 Å². The summed E-state index contributed by atoms with van der Waals surface area (Å²) in [7, 11) is 4.14. The summed E-state index contributed by atoms with van der Waals surface area (Å²) in [6.45, 7) is 4.44. The number of para-hydroxylation sites is 1. The highest BCUT2D eigenvalue weighted by Crippen LogP contribution is 2.28. The third kappa shape index (κ3) is 11.3. The van der Waals surface area contributed by atoms with Crippen LogP contribution in [0.5, 0.6) is 0 Å². The third-order valence-corrected chi connectivity index (χ3v) is 8.79. The van der Waals surface area contributed by atoms with E-state index in [1.807, 2.05) is 18.2 Å². The number of hydrogen-bond acceptors (Lipinski definition) is 8. The van der Waals surface area contributed by atoms with E-state index >= 15 is 0 Å². The van der Waals surface area contributed by atoms with Crippen molar-refractivity contribution in [2.24, 2.45) is 5.92 Å². The van der Waals surface area contributed by atoms with Crippen LogP contribution in [-0.2, 0) is 19.0 Å². The first-order chi connectivity index (χ1) is 23.1. The van der Waals surface area contributed by atoms with Crippen molar-refractivity contribution in [2.45, 2.75) is 90.6 Å². The number of carbonyl (C=O) groups is 3. The summed E-state index contributed by atoms with van der Waals surface area (Å²) in [6, 6.07) is 12.9. The minimum Gasteiger partial charge on any atom is -0.465 e. The van der Waals surface area contributed by atoms with Crippen molar-refractivity contribution >= 4 is 41.0 Å². The van der Waals surface area contributed by atoms with Gasteiger partial charge in [0.05, 0.1) is 47.8 Å². The van der Waals surface area contributed by atoms with Crippen LogP contribution in [0.1, 0.15) is 105 Å². The maximum Gasteiger partial charge on any atom is 0.339 e. The first-order valence-electron chi connectivity index (χ1n) is 16.6. The smallest absolute Gasteiger partial charge is 0.339 e. The molecule has 2 atom stereocenters. The Morgan fingerprint density at radius 3 is 2.15 bits per heavy atom. The van der Waals surface area contributed by atoms with Crippen LogP contribution in [0.4, 0.5) is 11.5 Å². The number of unbranched alkanes of at least 4 members (excludes halogenated alkanes) is 6. The molecule has 0 radical (unpaired) electrons. The number of aromatic amines is 1.